The number of thioether (sulfide) groups is 1. The quantitative estimate of drug-likeness (QED) is 0.845. The summed E-state index contributed by atoms with van der Waals surface area (Å²) in [4.78, 5) is 26.1. The zero-order valence-corrected chi connectivity index (χ0v) is 16.3. The first kappa shape index (κ1) is 19.1. The Kier molecular flexibility index (Phi) is 5.60. The molecule has 2 aromatic rings. The molecule has 0 spiro atoms. The van der Waals surface area contributed by atoms with E-state index in [4.69, 9.17) is 9.47 Å². The summed E-state index contributed by atoms with van der Waals surface area (Å²) in [7, 11) is 0. The van der Waals surface area contributed by atoms with Gasteiger partial charge in [0.15, 0.2) is 0 Å². The van der Waals surface area contributed by atoms with Gasteiger partial charge in [-0.2, -0.15) is 0 Å². The Morgan fingerprint density at radius 2 is 1.81 bits per heavy atom. The Balaban J connectivity index is 1.66. The highest BCUT2D eigenvalue weighted by Crippen LogP contribution is 2.33. The molecule has 1 aliphatic heterocycles. The van der Waals surface area contributed by atoms with Gasteiger partial charge in [0.2, 0.25) is 5.44 Å². The summed E-state index contributed by atoms with van der Waals surface area (Å²) in [6.45, 7) is 5.55. The van der Waals surface area contributed by atoms with Gasteiger partial charge in [-0.1, -0.05) is 36.0 Å². The molecule has 1 atom stereocenters. The minimum Gasteiger partial charge on any atom is -0.457 e. The fourth-order valence-electron chi connectivity index (χ4n) is 2.46. The van der Waals surface area contributed by atoms with Gasteiger partial charge in [0.05, 0.1) is 5.88 Å². The third-order valence-corrected chi connectivity index (χ3v) is 4.63. The van der Waals surface area contributed by atoms with Crippen molar-refractivity contribution in [3.63, 3.8) is 0 Å². The average Bonchev–Trinajstić information content (AvgIpc) is 2.95. The Morgan fingerprint density at radius 1 is 1.11 bits per heavy atom. The average molecular weight is 386 g/mol. The van der Waals surface area contributed by atoms with Gasteiger partial charge >= 0.3 is 6.09 Å². The normalized spacial score (nSPS) is 16.9. The summed E-state index contributed by atoms with van der Waals surface area (Å²) >= 11 is 1.27. The molecular weight excluding hydrogens is 364 g/mol. The summed E-state index contributed by atoms with van der Waals surface area (Å²) < 4.78 is 11.1. The van der Waals surface area contributed by atoms with Crippen LogP contribution in [0.5, 0.6) is 11.5 Å². The Labute approximate surface area is 162 Å². The maximum atomic E-state index is 12.6. The number of rotatable bonds is 4. The molecule has 1 fully saturated rings. The van der Waals surface area contributed by atoms with Gasteiger partial charge in [0.25, 0.3) is 5.91 Å². The summed E-state index contributed by atoms with van der Waals surface area (Å²) in [5.74, 6) is 1.49. The molecule has 142 valence electrons. The van der Waals surface area contributed by atoms with E-state index in [-0.39, 0.29) is 5.91 Å². The van der Waals surface area contributed by atoms with Crippen molar-refractivity contribution in [2.75, 3.05) is 10.8 Å². The third-order valence-electron chi connectivity index (χ3n) is 3.62. The van der Waals surface area contributed by atoms with Crippen LogP contribution in [0.3, 0.4) is 0 Å². The lowest BCUT2D eigenvalue weighted by molar-refractivity contribution is -0.122. The van der Waals surface area contributed by atoms with Crippen LogP contribution in [-0.4, -0.2) is 28.9 Å². The van der Waals surface area contributed by atoms with Crippen LogP contribution in [0.4, 0.5) is 10.5 Å². The molecule has 6 nitrogen and oxygen atoms in total. The Bertz CT molecular complexity index is 820. The molecule has 0 aromatic heterocycles. The summed E-state index contributed by atoms with van der Waals surface area (Å²) in [6, 6.07) is 16.7. The van der Waals surface area contributed by atoms with Crippen molar-refractivity contribution >= 4 is 29.4 Å². The van der Waals surface area contributed by atoms with E-state index in [1.165, 1.54) is 11.8 Å². The number of amides is 2. The predicted molar refractivity (Wildman–Crippen MR) is 106 cm³/mol. The van der Waals surface area contributed by atoms with E-state index in [1.807, 2.05) is 69.3 Å². The maximum absolute atomic E-state index is 12.6. The van der Waals surface area contributed by atoms with Crippen LogP contribution in [0.2, 0.25) is 0 Å². The number of benzene rings is 2. The number of para-hydroxylation sites is 1. The molecule has 1 N–H and O–H groups in total. The van der Waals surface area contributed by atoms with E-state index < -0.39 is 17.1 Å². The molecule has 1 aliphatic rings. The number of hydrogen-bond donors (Lipinski definition) is 1. The number of hydrogen-bond acceptors (Lipinski definition) is 5. The van der Waals surface area contributed by atoms with Crippen molar-refractivity contribution in [2.24, 2.45) is 0 Å². The second-order valence-corrected chi connectivity index (χ2v) is 8.11. The maximum Gasteiger partial charge on any atom is 0.409 e. The molecular formula is C20H22N2O4S. The van der Waals surface area contributed by atoms with Crippen LogP contribution in [0, 0.1) is 0 Å². The largest absolute Gasteiger partial charge is 0.457 e. The van der Waals surface area contributed by atoms with Gasteiger partial charge in [-0.25, -0.2) is 4.79 Å². The molecule has 0 radical (unpaired) electrons. The lowest BCUT2D eigenvalue weighted by Gasteiger charge is -2.21. The van der Waals surface area contributed by atoms with Crippen molar-refractivity contribution in [1.29, 1.82) is 0 Å². The lowest BCUT2D eigenvalue weighted by atomic mass is 10.1. The number of nitrogens with zero attached hydrogens (tertiary/aromatic N) is 1. The zero-order valence-electron chi connectivity index (χ0n) is 15.5. The first-order valence-corrected chi connectivity index (χ1v) is 9.61. The van der Waals surface area contributed by atoms with Crippen LogP contribution in [-0.2, 0) is 9.53 Å². The monoisotopic (exact) mass is 386 g/mol. The molecule has 27 heavy (non-hydrogen) atoms. The number of carbonyl (C=O) groups excluding carboxylic acids is 2. The summed E-state index contributed by atoms with van der Waals surface area (Å²) in [5.41, 5.74) is -0.582. The second-order valence-electron chi connectivity index (χ2n) is 7.09. The minimum absolute atomic E-state index is 0.263. The summed E-state index contributed by atoms with van der Waals surface area (Å²) in [5, 5.41) is 2.69. The molecule has 0 aliphatic carbocycles. The number of alkyl carbamates (subject to hydrolysis) is 1. The van der Waals surface area contributed by atoms with Crippen LogP contribution < -0.4 is 15.0 Å². The molecule has 7 heteroatoms. The van der Waals surface area contributed by atoms with Crippen molar-refractivity contribution in [1.82, 2.24) is 5.32 Å². The number of nitrogens with one attached hydrogen (secondary N) is 1. The highest BCUT2D eigenvalue weighted by Gasteiger charge is 2.37. The fourth-order valence-corrected chi connectivity index (χ4v) is 3.45. The van der Waals surface area contributed by atoms with Crippen molar-refractivity contribution in [3.8, 4) is 11.5 Å². The van der Waals surface area contributed by atoms with Gasteiger partial charge in [-0.15, -0.1) is 0 Å². The van der Waals surface area contributed by atoms with E-state index in [0.717, 1.165) is 5.75 Å². The zero-order chi connectivity index (χ0) is 19.4. The second kappa shape index (κ2) is 7.92. The molecule has 0 bridgehead atoms. The van der Waals surface area contributed by atoms with E-state index in [0.29, 0.717) is 17.3 Å². The topological polar surface area (TPSA) is 67.9 Å². The smallest absolute Gasteiger partial charge is 0.409 e. The Morgan fingerprint density at radius 3 is 2.52 bits per heavy atom. The molecule has 0 saturated carbocycles. The first-order valence-electron chi connectivity index (χ1n) is 8.56. The molecule has 2 aromatic carbocycles. The van der Waals surface area contributed by atoms with Gasteiger partial charge < -0.3 is 14.8 Å². The first-order chi connectivity index (χ1) is 12.8. The van der Waals surface area contributed by atoms with E-state index >= 15 is 0 Å². The highest BCUT2D eigenvalue weighted by molar-refractivity contribution is 8.01. The van der Waals surface area contributed by atoms with Gasteiger partial charge in [0.1, 0.15) is 11.5 Å². The standard InChI is InChI=1S/C20H22N2O4S/c1-20(2,3)21-19(24)26-18-17(23)22(13-27-18)14-8-7-11-16(12-14)25-15-9-5-4-6-10-15/h4-12,18H,13H2,1-3H3,(H,21,24). The van der Waals surface area contributed by atoms with E-state index in [1.54, 1.807) is 11.0 Å². The number of carbonyl (C=O) groups is 2. The summed E-state index contributed by atoms with van der Waals surface area (Å²) in [6.07, 6.45) is -0.601. The van der Waals surface area contributed by atoms with E-state index in [9.17, 15) is 9.59 Å². The lowest BCUT2D eigenvalue weighted by Crippen LogP contribution is -2.43. The van der Waals surface area contributed by atoms with Gasteiger partial charge in [0, 0.05) is 17.3 Å². The van der Waals surface area contributed by atoms with Crippen LogP contribution in [0.15, 0.2) is 54.6 Å². The molecule has 3 rings (SSSR count). The highest BCUT2D eigenvalue weighted by atomic mass is 32.2. The van der Waals surface area contributed by atoms with Gasteiger partial charge in [-0.3, -0.25) is 9.69 Å². The van der Waals surface area contributed by atoms with Crippen LogP contribution >= 0.6 is 11.8 Å². The van der Waals surface area contributed by atoms with Crippen molar-refractivity contribution in [3.05, 3.63) is 54.6 Å². The fraction of sp³-hybridized carbons (Fsp3) is 0.300. The van der Waals surface area contributed by atoms with Crippen LogP contribution in [0.25, 0.3) is 0 Å². The third kappa shape index (κ3) is 5.17. The number of ether oxygens (including phenoxy) is 2. The molecule has 2 amide bonds. The van der Waals surface area contributed by atoms with Crippen molar-refractivity contribution < 1.29 is 19.1 Å². The number of anilines is 1. The molecule has 1 heterocycles. The van der Waals surface area contributed by atoms with Crippen molar-refractivity contribution in [2.45, 2.75) is 31.7 Å². The molecule has 1 saturated heterocycles. The SMILES string of the molecule is CC(C)(C)NC(=O)OC1SCN(c2cccc(Oc3ccccc3)c2)C1=O. The minimum atomic E-state index is -0.856. The predicted octanol–water partition coefficient (Wildman–Crippen LogP) is 4.37. The van der Waals surface area contributed by atoms with Crippen LogP contribution in [0.1, 0.15) is 20.8 Å². The molecule has 1 unspecified atom stereocenters. The Hall–Kier alpha value is -2.67. The van der Waals surface area contributed by atoms with E-state index in [2.05, 4.69) is 5.32 Å². The van der Waals surface area contributed by atoms with Gasteiger partial charge in [-0.05, 0) is 45.0 Å².